The van der Waals surface area contributed by atoms with Gasteiger partial charge < -0.3 is 9.47 Å². The third kappa shape index (κ3) is 8.05. The van der Waals surface area contributed by atoms with Crippen LogP contribution in [0.5, 0.6) is 0 Å². The summed E-state index contributed by atoms with van der Waals surface area (Å²) in [5.41, 5.74) is -4.77. The highest BCUT2D eigenvalue weighted by Gasteiger charge is 2.48. The summed E-state index contributed by atoms with van der Waals surface area (Å²) in [5.74, 6) is -2.06. The molecule has 8 heteroatoms. The third-order valence-corrected chi connectivity index (χ3v) is 4.86. The smallest absolute Gasteiger partial charge is 0.392 e. The lowest BCUT2D eigenvalue weighted by Gasteiger charge is -2.35. The topological polar surface area (TPSA) is 52.6 Å². The van der Waals surface area contributed by atoms with Crippen LogP contribution in [0.2, 0.25) is 0 Å². The normalized spacial score (nSPS) is 16.4. The number of ether oxygens (including phenoxy) is 2. The van der Waals surface area contributed by atoms with Crippen LogP contribution in [-0.4, -0.2) is 35.5 Å². The Kier molecular flexibility index (Phi) is 8.78. The molecule has 4 nitrogen and oxygen atoms in total. The molecule has 0 saturated heterocycles. The van der Waals surface area contributed by atoms with Crippen LogP contribution >= 0.6 is 0 Å². The second kappa shape index (κ2) is 9.24. The Morgan fingerprint density at radius 3 is 1.74 bits per heavy atom. The van der Waals surface area contributed by atoms with E-state index in [0.717, 1.165) is 6.92 Å². The Morgan fingerprint density at radius 2 is 1.37 bits per heavy atom. The Bertz CT molecular complexity index is 512. The van der Waals surface area contributed by atoms with Gasteiger partial charge in [0.05, 0.1) is 11.8 Å². The Hall–Kier alpha value is -1.34. The molecular formula is C19H32F4O4. The maximum absolute atomic E-state index is 15.3. The van der Waals surface area contributed by atoms with E-state index in [1.54, 1.807) is 6.92 Å². The molecule has 0 saturated carbocycles. The minimum Gasteiger partial charge on any atom is -0.462 e. The van der Waals surface area contributed by atoms with Crippen LogP contribution in [0.15, 0.2) is 0 Å². The highest BCUT2D eigenvalue weighted by molar-refractivity contribution is 5.82. The molecule has 0 radical (unpaired) electrons. The lowest BCUT2D eigenvalue weighted by molar-refractivity contribution is -0.183. The maximum Gasteiger partial charge on any atom is 0.392 e. The molecular weight excluding hydrogens is 368 g/mol. The highest BCUT2D eigenvalue weighted by Crippen LogP contribution is 2.37. The van der Waals surface area contributed by atoms with Crippen LogP contribution in [0.1, 0.15) is 80.6 Å². The molecule has 0 aliphatic rings. The quantitative estimate of drug-likeness (QED) is 0.358. The summed E-state index contributed by atoms with van der Waals surface area (Å²) in [6.07, 6.45) is -6.96. The van der Waals surface area contributed by atoms with E-state index in [9.17, 15) is 22.8 Å². The van der Waals surface area contributed by atoms with Crippen molar-refractivity contribution in [3.8, 4) is 0 Å². The second-order valence-electron chi connectivity index (χ2n) is 7.96. The third-order valence-electron chi connectivity index (χ3n) is 4.86. The van der Waals surface area contributed by atoms with Crippen molar-refractivity contribution >= 4 is 11.9 Å². The summed E-state index contributed by atoms with van der Waals surface area (Å²) in [6, 6.07) is 0. The van der Waals surface area contributed by atoms with Crippen molar-refractivity contribution in [1.29, 1.82) is 0 Å². The minimum absolute atomic E-state index is 0.232. The molecule has 0 bridgehead atoms. The number of esters is 2. The minimum atomic E-state index is -4.48. The fraction of sp³-hybridized carbons (Fsp3) is 0.895. The summed E-state index contributed by atoms with van der Waals surface area (Å²) in [7, 11) is 0. The highest BCUT2D eigenvalue weighted by atomic mass is 19.4. The molecule has 0 spiro atoms. The van der Waals surface area contributed by atoms with Crippen LogP contribution in [0, 0.1) is 5.41 Å². The molecule has 0 aliphatic carbocycles. The summed E-state index contributed by atoms with van der Waals surface area (Å²) >= 11 is 0. The Labute approximate surface area is 159 Å². The first-order valence-corrected chi connectivity index (χ1v) is 9.24. The molecule has 0 aliphatic heterocycles. The fourth-order valence-corrected chi connectivity index (χ4v) is 2.53. The zero-order chi connectivity index (χ0) is 21.7. The van der Waals surface area contributed by atoms with Gasteiger partial charge in [-0.2, -0.15) is 13.2 Å². The Balaban J connectivity index is 5.23. The van der Waals surface area contributed by atoms with Gasteiger partial charge in [-0.1, -0.05) is 20.8 Å². The van der Waals surface area contributed by atoms with Crippen LogP contribution in [-0.2, 0) is 19.1 Å². The van der Waals surface area contributed by atoms with Gasteiger partial charge in [-0.05, 0) is 47.0 Å². The Morgan fingerprint density at radius 1 is 0.889 bits per heavy atom. The zero-order valence-corrected chi connectivity index (χ0v) is 17.3. The van der Waals surface area contributed by atoms with Crippen LogP contribution in [0.4, 0.5) is 17.6 Å². The first-order valence-electron chi connectivity index (χ1n) is 9.24. The van der Waals surface area contributed by atoms with Crippen LogP contribution in [0.25, 0.3) is 0 Å². The van der Waals surface area contributed by atoms with Gasteiger partial charge in [0.2, 0.25) is 5.67 Å². The van der Waals surface area contributed by atoms with Gasteiger partial charge in [0, 0.05) is 6.42 Å². The van der Waals surface area contributed by atoms with Crippen molar-refractivity contribution in [2.24, 2.45) is 5.41 Å². The van der Waals surface area contributed by atoms with Crippen molar-refractivity contribution in [1.82, 2.24) is 0 Å². The van der Waals surface area contributed by atoms with Gasteiger partial charge in [-0.15, -0.1) is 0 Å². The molecule has 0 amide bonds. The van der Waals surface area contributed by atoms with E-state index < -0.39 is 53.7 Å². The van der Waals surface area contributed by atoms with E-state index in [1.165, 1.54) is 20.8 Å². The van der Waals surface area contributed by atoms with Crippen molar-refractivity contribution in [3.05, 3.63) is 0 Å². The fourth-order valence-electron chi connectivity index (χ4n) is 2.53. The van der Waals surface area contributed by atoms with E-state index in [4.69, 9.17) is 9.47 Å². The van der Waals surface area contributed by atoms with Crippen molar-refractivity contribution in [2.45, 2.75) is 104 Å². The molecule has 0 rings (SSSR count). The summed E-state index contributed by atoms with van der Waals surface area (Å²) < 4.78 is 62.7. The number of halogens is 4. The molecule has 0 aromatic carbocycles. The van der Waals surface area contributed by atoms with E-state index in [-0.39, 0.29) is 6.42 Å². The average Bonchev–Trinajstić information content (AvgIpc) is 2.52. The SMILES string of the molecule is CCC(C)(CC)OC(=O)C(F)(CC)CC(C)(C)C(=O)OC(C)CC(F)(F)F. The molecule has 0 N–H and O–H groups in total. The molecule has 160 valence electrons. The van der Waals surface area contributed by atoms with Crippen molar-refractivity contribution in [3.63, 3.8) is 0 Å². The van der Waals surface area contributed by atoms with Gasteiger partial charge in [-0.25, -0.2) is 9.18 Å². The number of alkyl halides is 4. The monoisotopic (exact) mass is 400 g/mol. The second-order valence-corrected chi connectivity index (χ2v) is 7.96. The van der Waals surface area contributed by atoms with E-state index in [1.807, 2.05) is 13.8 Å². The lowest BCUT2D eigenvalue weighted by atomic mass is 9.79. The molecule has 0 aromatic rings. The van der Waals surface area contributed by atoms with E-state index >= 15 is 4.39 Å². The van der Waals surface area contributed by atoms with Gasteiger partial charge in [-0.3, -0.25) is 4.79 Å². The number of hydrogen-bond acceptors (Lipinski definition) is 4. The number of hydrogen-bond donors (Lipinski definition) is 0. The molecule has 0 aromatic heterocycles. The lowest BCUT2D eigenvalue weighted by Crippen LogP contribution is -2.46. The molecule has 0 heterocycles. The van der Waals surface area contributed by atoms with Gasteiger partial charge in [0.25, 0.3) is 0 Å². The number of carbonyl (C=O) groups is 2. The van der Waals surface area contributed by atoms with Gasteiger partial charge in [0.1, 0.15) is 11.7 Å². The molecule has 0 fully saturated rings. The van der Waals surface area contributed by atoms with Crippen molar-refractivity contribution < 1.29 is 36.6 Å². The molecule has 2 unspecified atom stereocenters. The van der Waals surface area contributed by atoms with Gasteiger partial charge in [0.15, 0.2) is 0 Å². The summed E-state index contributed by atoms with van der Waals surface area (Å²) in [6.45, 7) is 10.6. The van der Waals surface area contributed by atoms with Gasteiger partial charge >= 0.3 is 18.1 Å². The largest absolute Gasteiger partial charge is 0.462 e. The standard InChI is InChI=1S/C19H32F4O4/c1-8-17(7,9-2)27-15(25)18(20,10-3)12-16(5,6)14(24)26-13(4)11-19(21,22)23/h13H,8-12H2,1-7H3. The summed E-state index contributed by atoms with van der Waals surface area (Å²) in [5, 5.41) is 0. The first-order chi connectivity index (χ1) is 12.0. The maximum atomic E-state index is 15.3. The number of carbonyl (C=O) groups excluding carboxylic acids is 2. The summed E-state index contributed by atoms with van der Waals surface area (Å²) in [4.78, 5) is 24.7. The first kappa shape index (κ1) is 25.7. The zero-order valence-electron chi connectivity index (χ0n) is 17.3. The van der Waals surface area contributed by atoms with E-state index in [2.05, 4.69) is 0 Å². The molecule has 2 atom stereocenters. The molecule has 27 heavy (non-hydrogen) atoms. The number of rotatable bonds is 10. The predicted molar refractivity (Wildman–Crippen MR) is 93.8 cm³/mol. The van der Waals surface area contributed by atoms with Crippen LogP contribution in [0.3, 0.4) is 0 Å². The predicted octanol–water partition coefficient (Wildman–Crippen LogP) is 5.53. The average molecular weight is 400 g/mol. The van der Waals surface area contributed by atoms with E-state index in [0.29, 0.717) is 12.8 Å². The van der Waals surface area contributed by atoms with Crippen LogP contribution < -0.4 is 0 Å². The van der Waals surface area contributed by atoms with Crippen molar-refractivity contribution in [2.75, 3.05) is 0 Å².